The average Bonchev–Trinajstić information content (AvgIpc) is 2.66. The van der Waals surface area contributed by atoms with Crippen LogP contribution in [0.1, 0.15) is 38.9 Å². The zero-order valence-electron chi connectivity index (χ0n) is 16.2. The van der Waals surface area contributed by atoms with Crippen LogP contribution in [-0.4, -0.2) is 18.2 Å². The molecule has 0 radical (unpaired) electrons. The molecule has 1 unspecified atom stereocenters. The molecule has 0 N–H and O–H groups in total. The molecule has 0 fully saturated rings. The highest BCUT2D eigenvalue weighted by Crippen LogP contribution is 2.29. The zero-order valence-corrected chi connectivity index (χ0v) is 16.2. The van der Waals surface area contributed by atoms with Crippen LogP contribution in [0.25, 0.3) is 21.5 Å². The van der Waals surface area contributed by atoms with Crippen LogP contribution in [0.2, 0.25) is 0 Å². The van der Waals surface area contributed by atoms with E-state index in [0.29, 0.717) is 13.0 Å². The molecule has 0 saturated heterocycles. The largest absolute Gasteiger partial charge is 0.456 e. The van der Waals surface area contributed by atoms with E-state index in [1.807, 2.05) is 13.8 Å². The molecule has 1 atom stereocenters. The molecule has 140 valence electrons. The highest BCUT2D eigenvalue weighted by atomic mass is 16.6. The Morgan fingerprint density at radius 1 is 1.07 bits per heavy atom. The fraction of sp³-hybridized carbons (Fsp3) is 0.292. The van der Waals surface area contributed by atoms with Gasteiger partial charge in [-0.05, 0) is 53.9 Å². The molecule has 3 rings (SSSR count). The summed E-state index contributed by atoms with van der Waals surface area (Å²) in [6.45, 7) is 9.75. The van der Waals surface area contributed by atoms with E-state index in [2.05, 4.69) is 68.1 Å². The average molecular weight is 362 g/mol. The molecule has 0 aliphatic rings. The molecule has 0 bridgehead atoms. The minimum absolute atomic E-state index is 0.0423. The van der Waals surface area contributed by atoms with Gasteiger partial charge in [-0.3, -0.25) is 0 Å². The molecule has 0 spiro atoms. The van der Waals surface area contributed by atoms with Gasteiger partial charge in [0, 0.05) is 12.5 Å². The van der Waals surface area contributed by atoms with E-state index in [1.165, 1.54) is 27.6 Å². The van der Waals surface area contributed by atoms with Gasteiger partial charge in [0.05, 0.1) is 12.7 Å². The van der Waals surface area contributed by atoms with Gasteiger partial charge >= 0.3 is 5.97 Å². The van der Waals surface area contributed by atoms with Gasteiger partial charge in [-0.1, -0.05) is 55.1 Å². The van der Waals surface area contributed by atoms with Crippen LogP contribution in [0.3, 0.4) is 0 Å². The second-order valence-corrected chi connectivity index (χ2v) is 7.42. The van der Waals surface area contributed by atoms with Crippen LogP contribution < -0.4 is 0 Å². The Hall–Kier alpha value is -2.65. The van der Waals surface area contributed by atoms with E-state index >= 15 is 0 Å². The van der Waals surface area contributed by atoms with E-state index in [4.69, 9.17) is 9.47 Å². The third-order valence-corrected chi connectivity index (χ3v) is 4.86. The summed E-state index contributed by atoms with van der Waals surface area (Å²) < 4.78 is 11.4. The van der Waals surface area contributed by atoms with Crippen molar-refractivity contribution in [2.24, 2.45) is 0 Å². The Morgan fingerprint density at radius 2 is 1.74 bits per heavy atom. The molecule has 3 aromatic carbocycles. The first-order valence-electron chi connectivity index (χ1n) is 9.28. The Morgan fingerprint density at radius 3 is 2.48 bits per heavy atom. The first-order chi connectivity index (χ1) is 12.9. The highest BCUT2D eigenvalue weighted by Gasteiger charge is 2.22. The first kappa shape index (κ1) is 19.1. The Kier molecular flexibility index (Phi) is 5.62. The van der Waals surface area contributed by atoms with E-state index in [9.17, 15) is 4.79 Å². The summed E-state index contributed by atoms with van der Waals surface area (Å²) in [4.78, 5) is 11.4. The quantitative estimate of drug-likeness (QED) is 0.295. The minimum atomic E-state index is -0.579. The molecule has 0 saturated carbocycles. The molecular weight excluding hydrogens is 336 g/mol. The number of carbonyl (C=O) groups excluding carboxylic acids is 1. The fourth-order valence-electron chi connectivity index (χ4n) is 3.22. The van der Waals surface area contributed by atoms with Gasteiger partial charge in [-0.25, -0.2) is 4.79 Å². The lowest BCUT2D eigenvalue weighted by Crippen LogP contribution is -2.29. The van der Waals surface area contributed by atoms with Gasteiger partial charge in [0.2, 0.25) is 0 Å². The maximum Gasteiger partial charge on any atom is 0.330 e. The van der Waals surface area contributed by atoms with E-state index in [1.54, 1.807) is 0 Å². The summed E-state index contributed by atoms with van der Waals surface area (Å²) in [6, 6.07) is 19.2. The molecule has 0 aliphatic heterocycles. The summed E-state index contributed by atoms with van der Waals surface area (Å²) in [7, 11) is 0. The van der Waals surface area contributed by atoms with Crippen molar-refractivity contribution in [3.63, 3.8) is 0 Å². The van der Waals surface area contributed by atoms with Gasteiger partial charge < -0.3 is 9.47 Å². The molecule has 0 aliphatic carbocycles. The molecule has 27 heavy (non-hydrogen) atoms. The Balaban J connectivity index is 1.72. The number of fused-ring (bicyclic) bond motifs is 3. The van der Waals surface area contributed by atoms with E-state index < -0.39 is 11.6 Å². The lowest BCUT2D eigenvalue weighted by molar-refractivity contribution is -0.152. The predicted octanol–water partition coefficient (Wildman–Crippen LogP) is 5.97. The zero-order chi connectivity index (χ0) is 19.4. The minimum Gasteiger partial charge on any atom is -0.456 e. The van der Waals surface area contributed by atoms with E-state index in [0.717, 1.165) is 5.56 Å². The second-order valence-electron chi connectivity index (χ2n) is 7.42. The molecule has 0 heterocycles. The summed E-state index contributed by atoms with van der Waals surface area (Å²) in [5, 5.41) is 4.95. The maximum atomic E-state index is 11.4. The van der Waals surface area contributed by atoms with Crippen LogP contribution >= 0.6 is 0 Å². The maximum absolute atomic E-state index is 11.4. The predicted molar refractivity (Wildman–Crippen MR) is 111 cm³/mol. The fourth-order valence-corrected chi connectivity index (χ4v) is 3.22. The van der Waals surface area contributed by atoms with Crippen molar-refractivity contribution in [1.82, 2.24) is 0 Å². The molecular formula is C24H26O3. The number of carbonyl (C=O) groups is 1. The SMILES string of the molecule is C=CC(=O)OC(C)(C)CCOC(C)c1ccc2ccc3ccccc3c2c1. The van der Waals surface area contributed by atoms with Crippen molar-refractivity contribution >= 4 is 27.5 Å². The summed E-state index contributed by atoms with van der Waals surface area (Å²) in [6.07, 6.45) is 1.76. The molecule has 0 amide bonds. The number of ether oxygens (including phenoxy) is 2. The summed E-state index contributed by atoms with van der Waals surface area (Å²) in [5.41, 5.74) is 0.560. The molecule has 3 aromatic rings. The molecule has 3 nitrogen and oxygen atoms in total. The highest BCUT2D eigenvalue weighted by molar-refractivity contribution is 6.07. The third-order valence-electron chi connectivity index (χ3n) is 4.86. The summed E-state index contributed by atoms with van der Waals surface area (Å²) >= 11 is 0. The smallest absolute Gasteiger partial charge is 0.330 e. The molecule has 0 aromatic heterocycles. The van der Waals surface area contributed by atoms with Crippen LogP contribution in [-0.2, 0) is 14.3 Å². The first-order valence-corrected chi connectivity index (χ1v) is 9.28. The topological polar surface area (TPSA) is 35.5 Å². The van der Waals surface area contributed by atoms with Crippen LogP contribution in [0, 0.1) is 0 Å². The number of hydrogen-bond donors (Lipinski definition) is 0. The van der Waals surface area contributed by atoms with Crippen LogP contribution in [0.5, 0.6) is 0 Å². The second kappa shape index (κ2) is 7.93. The Bertz CT molecular complexity index is 972. The van der Waals surface area contributed by atoms with Gasteiger partial charge in [-0.15, -0.1) is 0 Å². The van der Waals surface area contributed by atoms with Crippen molar-refractivity contribution in [2.75, 3.05) is 6.61 Å². The van der Waals surface area contributed by atoms with Crippen molar-refractivity contribution in [3.05, 3.63) is 72.8 Å². The number of rotatable bonds is 7. The monoisotopic (exact) mass is 362 g/mol. The normalized spacial score (nSPS) is 12.9. The molecule has 3 heteroatoms. The lowest BCUT2D eigenvalue weighted by atomic mass is 9.98. The van der Waals surface area contributed by atoms with Crippen molar-refractivity contribution in [2.45, 2.75) is 38.9 Å². The van der Waals surface area contributed by atoms with Gasteiger partial charge in [0.25, 0.3) is 0 Å². The number of hydrogen-bond acceptors (Lipinski definition) is 3. The van der Waals surface area contributed by atoms with Gasteiger partial charge in [0.1, 0.15) is 5.60 Å². The van der Waals surface area contributed by atoms with E-state index in [-0.39, 0.29) is 6.10 Å². The van der Waals surface area contributed by atoms with Crippen LogP contribution in [0.4, 0.5) is 0 Å². The lowest BCUT2D eigenvalue weighted by Gasteiger charge is -2.25. The third kappa shape index (κ3) is 4.55. The number of benzene rings is 3. The van der Waals surface area contributed by atoms with Crippen molar-refractivity contribution in [1.29, 1.82) is 0 Å². The van der Waals surface area contributed by atoms with Crippen molar-refractivity contribution in [3.8, 4) is 0 Å². The van der Waals surface area contributed by atoms with Crippen molar-refractivity contribution < 1.29 is 14.3 Å². The van der Waals surface area contributed by atoms with Crippen LogP contribution in [0.15, 0.2) is 67.3 Å². The number of esters is 1. The van der Waals surface area contributed by atoms with Gasteiger partial charge in [-0.2, -0.15) is 0 Å². The van der Waals surface area contributed by atoms with Gasteiger partial charge in [0.15, 0.2) is 0 Å². The summed E-state index contributed by atoms with van der Waals surface area (Å²) in [5.74, 6) is -0.408. The standard InChI is InChI=1S/C24H26O3/c1-5-23(25)27-24(3,4)14-15-26-17(2)20-13-12-19-11-10-18-8-6-7-9-21(18)22(19)16-20/h5-13,16-17H,1,14-15H2,2-4H3. The Labute approximate surface area is 160 Å².